The molecule has 1 aliphatic rings. The predicted molar refractivity (Wildman–Crippen MR) is 90.0 cm³/mol. The molecule has 1 saturated carbocycles. The van der Waals surface area contributed by atoms with E-state index in [0.717, 1.165) is 24.6 Å². The summed E-state index contributed by atoms with van der Waals surface area (Å²) in [5, 5.41) is 3.74. The lowest BCUT2D eigenvalue weighted by Gasteiger charge is -2.35. The lowest BCUT2D eigenvalue weighted by molar-refractivity contribution is 0.196. The second kappa shape index (κ2) is 6.83. The average molecular weight is 289 g/mol. The molecule has 0 saturated heterocycles. The fraction of sp³-hybridized carbons (Fsp3) is 0.684. The van der Waals surface area contributed by atoms with Crippen LogP contribution in [0.25, 0.3) is 0 Å². The van der Waals surface area contributed by atoms with Crippen LogP contribution in [0.15, 0.2) is 18.2 Å². The third-order valence-electron chi connectivity index (χ3n) is 5.17. The van der Waals surface area contributed by atoms with Gasteiger partial charge < -0.3 is 10.1 Å². The van der Waals surface area contributed by atoms with Crippen LogP contribution >= 0.6 is 0 Å². The SMILES string of the molecule is CCNC(Cc1cc(C)ccc1OC)C1CCCC1(C)C. The summed E-state index contributed by atoms with van der Waals surface area (Å²) in [6.07, 6.45) is 5.13. The molecule has 2 unspecified atom stereocenters. The number of rotatable bonds is 6. The van der Waals surface area contributed by atoms with Crippen LogP contribution in [0.2, 0.25) is 0 Å². The van der Waals surface area contributed by atoms with Crippen LogP contribution in [-0.4, -0.2) is 19.7 Å². The van der Waals surface area contributed by atoms with Gasteiger partial charge in [0.25, 0.3) is 0 Å². The van der Waals surface area contributed by atoms with Gasteiger partial charge >= 0.3 is 0 Å². The molecule has 0 aliphatic heterocycles. The molecule has 0 heterocycles. The summed E-state index contributed by atoms with van der Waals surface area (Å²) in [6, 6.07) is 7.06. The lowest BCUT2D eigenvalue weighted by atomic mass is 9.75. The molecular formula is C19H31NO. The topological polar surface area (TPSA) is 21.3 Å². The van der Waals surface area contributed by atoms with Crippen molar-refractivity contribution in [3.05, 3.63) is 29.3 Å². The Labute approximate surface area is 130 Å². The first-order valence-corrected chi connectivity index (χ1v) is 8.35. The average Bonchev–Trinajstić information content (AvgIpc) is 2.78. The van der Waals surface area contributed by atoms with Gasteiger partial charge in [-0.15, -0.1) is 0 Å². The van der Waals surface area contributed by atoms with Gasteiger partial charge in [0.1, 0.15) is 5.75 Å². The summed E-state index contributed by atoms with van der Waals surface area (Å²) in [7, 11) is 1.77. The van der Waals surface area contributed by atoms with E-state index in [9.17, 15) is 0 Å². The second-order valence-corrected chi connectivity index (χ2v) is 7.17. The molecule has 2 heteroatoms. The van der Waals surface area contributed by atoms with E-state index in [1.54, 1.807) is 7.11 Å². The zero-order valence-electron chi connectivity index (χ0n) is 14.3. The van der Waals surface area contributed by atoms with Gasteiger partial charge in [0.05, 0.1) is 7.11 Å². The highest BCUT2D eigenvalue weighted by Crippen LogP contribution is 2.45. The largest absolute Gasteiger partial charge is 0.496 e. The van der Waals surface area contributed by atoms with Gasteiger partial charge in [-0.25, -0.2) is 0 Å². The second-order valence-electron chi connectivity index (χ2n) is 7.17. The smallest absolute Gasteiger partial charge is 0.122 e. The van der Waals surface area contributed by atoms with Gasteiger partial charge in [0.15, 0.2) is 0 Å². The third kappa shape index (κ3) is 3.79. The van der Waals surface area contributed by atoms with E-state index in [-0.39, 0.29) is 0 Å². The molecule has 1 N–H and O–H groups in total. The number of benzene rings is 1. The highest BCUT2D eigenvalue weighted by molar-refractivity contribution is 5.37. The molecule has 1 aliphatic carbocycles. The van der Waals surface area contributed by atoms with Gasteiger partial charge in [-0.05, 0) is 55.7 Å². The zero-order chi connectivity index (χ0) is 15.5. The molecule has 0 bridgehead atoms. The Morgan fingerprint density at radius 1 is 1.38 bits per heavy atom. The number of likely N-dealkylation sites (N-methyl/N-ethyl adjacent to an activating group) is 1. The van der Waals surface area contributed by atoms with Crippen molar-refractivity contribution in [2.75, 3.05) is 13.7 Å². The zero-order valence-corrected chi connectivity index (χ0v) is 14.3. The molecule has 1 aromatic carbocycles. The van der Waals surface area contributed by atoms with Crippen molar-refractivity contribution in [2.45, 2.75) is 59.4 Å². The Hall–Kier alpha value is -1.02. The van der Waals surface area contributed by atoms with Crippen molar-refractivity contribution in [2.24, 2.45) is 11.3 Å². The number of hydrogen-bond donors (Lipinski definition) is 1. The fourth-order valence-electron chi connectivity index (χ4n) is 4.02. The van der Waals surface area contributed by atoms with Crippen molar-refractivity contribution >= 4 is 0 Å². The van der Waals surface area contributed by atoms with Crippen LogP contribution in [0.5, 0.6) is 5.75 Å². The van der Waals surface area contributed by atoms with Gasteiger partial charge in [-0.2, -0.15) is 0 Å². The molecule has 118 valence electrons. The maximum absolute atomic E-state index is 5.57. The van der Waals surface area contributed by atoms with Gasteiger partial charge in [-0.1, -0.05) is 44.9 Å². The first-order chi connectivity index (χ1) is 9.97. The highest BCUT2D eigenvalue weighted by atomic mass is 16.5. The number of aryl methyl sites for hydroxylation is 1. The van der Waals surface area contributed by atoms with Crippen molar-refractivity contribution in [1.29, 1.82) is 0 Å². The number of ether oxygens (including phenoxy) is 1. The van der Waals surface area contributed by atoms with Gasteiger partial charge in [-0.3, -0.25) is 0 Å². The van der Waals surface area contributed by atoms with Crippen LogP contribution in [0.3, 0.4) is 0 Å². The molecule has 2 atom stereocenters. The molecular weight excluding hydrogens is 258 g/mol. The third-order valence-corrected chi connectivity index (χ3v) is 5.17. The predicted octanol–water partition coefficient (Wildman–Crippen LogP) is 4.35. The minimum Gasteiger partial charge on any atom is -0.496 e. The van der Waals surface area contributed by atoms with E-state index in [2.05, 4.69) is 51.2 Å². The van der Waals surface area contributed by atoms with E-state index < -0.39 is 0 Å². The normalized spacial score (nSPS) is 22.2. The summed E-state index contributed by atoms with van der Waals surface area (Å²) < 4.78 is 5.57. The van der Waals surface area contributed by atoms with Crippen molar-refractivity contribution < 1.29 is 4.74 Å². The first-order valence-electron chi connectivity index (χ1n) is 8.35. The van der Waals surface area contributed by atoms with Crippen LogP contribution in [0.1, 0.15) is 51.2 Å². The minimum atomic E-state index is 0.448. The van der Waals surface area contributed by atoms with Gasteiger partial charge in [0, 0.05) is 6.04 Å². The molecule has 0 aromatic heterocycles. The standard InChI is InChI=1S/C19H31NO/c1-6-20-17(16-8-7-11-19(16,3)4)13-15-12-14(2)9-10-18(15)21-5/h9-10,12,16-17,20H,6-8,11,13H2,1-5H3. The molecule has 0 amide bonds. The van der Waals surface area contributed by atoms with Crippen LogP contribution in [0.4, 0.5) is 0 Å². The van der Waals surface area contributed by atoms with E-state index in [1.165, 1.54) is 30.4 Å². The molecule has 21 heavy (non-hydrogen) atoms. The fourth-order valence-corrected chi connectivity index (χ4v) is 4.02. The summed E-state index contributed by atoms with van der Waals surface area (Å²) in [5.41, 5.74) is 3.10. The van der Waals surface area contributed by atoms with Crippen LogP contribution in [0, 0.1) is 18.3 Å². The maximum atomic E-state index is 5.57. The quantitative estimate of drug-likeness (QED) is 0.840. The Morgan fingerprint density at radius 2 is 2.14 bits per heavy atom. The molecule has 2 nitrogen and oxygen atoms in total. The van der Waals surface area contributed by atoms with E-state index in [4.69, 9.17) is 4.74 Å². The molecule has 0 radical (unpaired) electrons. The number of hydrogen-bond acceptors (Lipinski definition) is 2. The lowest BCUT2D eigenvalue weighted by Crippen LogP contribution is -2.42. The monoisotopic (exact) mass is 289 g/mol. The van der Waals surface area contributed by atoms with Crippen LogP contribution in [-0.2, 0) is 6.42 Å². The summed E-state index contributed by atoms with van der Waals surface area (Å²) in [5.74, 6) is 1.78. The van der Waals surface area contributed by atoms with E-state index >= 15 is 0 Å². The maximum Gasteiger partial charge on any atom is 0.122 e. The van der Waals surface area contributed by atoms with Crippen molar-refractivity contribution in [3.8, 4) is 5.75 Å². The van der Waals surface area contributed by atoms with E-state index in [0.29, 0.717) is 11.5 Å². The van der Waals surface area contributed by atoms with Crippen molar-refractivity contribution in [3.63, 3.8) is 0 Å². The molecule has 1 fully saturated rings. The highest BCUT2D eigenvalue weighted by Gasteiger charge is 2.39. The van der Waals surface area contributed by atoms with Crippen LogP contribution < -0.4 is 10.1 Å². The minimum absolute atomic E-state index is 0.448. The Kier molecular flexibility index (Phi) is 5.32. The molecule has 0 spiro atoms. The Bertz CT molecular complexity index is 467. The molecule has 2 rings (SSSR count). The first kappa shape index (κ1) is 16.4. The Balaban J connectivity index is 2.22. The van der Waals surface area contributed by atoms with Crippen molar-refractivity contribution in [1.82, 2.24) is 5.32 Å². The summed E-state index contributed by atoms with van der Waals surface area (Å²) in [6.45, 7) is 10.3. The number of methoxy groups -OCH3 is 1. The Morgan fingerprint density at radius 3 is 2.71 bits per heavy atom. The number of nitrogens with one attached hydrogen (secondary N) is 1. The van der Waals surface area contributed by atoms with Gasteiger partial charge in [0.2, 0.25) is 0 Å². The summed E-state index contributed by atoms with van der Waals surface area (Å²) >= 11 is 0. The summed E-state index contributed by atoms with van der Waals surface area (Å²) in [4.78, 5) is 0. The van der Waals surface area contributed by atoms with E-state index in [1.807, 2.05) is 0 Å². The molecule has 1 aromatic rings.